The highest BCUT2D eigenvalue weighted by atomic mass is 32.2. The first-order chi connectivity index (χ1) is 10.9. The first kappa shape index (κ1) is 18.4. The van der Waals surface area contributed by atoms with Crippen LogP contribution in [0.2, 0.25) is 0 Å². The smallest absolute Gasteiger partial charge is 0.238 e. The lowest BCUT2D eigenvalue weighted by atomic mass is 9.82. The molecule has 1 saturated carbocycles. The summed E-state index contributed by atoms with van der Waals surface area (Å²) in [5, 5.41) is 18.1. The molecule has 2 atom stereocenters. The summed E-state index contributed by atoms with van der Waals surface area (Å²) in [7, 11) is -3.65. The van der Waals surface area contributed by atoms with Crippen molar-refractivity contribution < 1.29 is 13.5 Å². The van der Waals surface area contributed by atoms with E-state index in [-0.39, 0.29) is 17.5 Å². The Morgan fingerprint density at radius 3 is 2.35 bits per heavy atom. The number of aliphatic hydroxyl groups excluding tert-OH is 1. The summed E-state index contributed by atoms with van der Waals surface area (Å²) in [5.74, 6) is 0.613. The molecule has 0 saturated heterocycles. The van der Waals surface area contributed by atoms with Crippen molar-refractivity contribution in [2.75, 3.05) is 6.61 Å². The zero-order valence-electron chi connectivity index (χ0n) is 13.7. The van der Waals surface area contributed by atoms with Crippen LogP contribution in [0.25, 0.3) is 0 Å². The van der Waals surface area contributed by atoms with Gasteiger partial charge in [0, 0.05) is 18.7 Å². The maximum Gasteiger partial charge on any atom is 0.238 e. The van der Waals surface area contributed by atoms with Crippen molar-refractivity contribution in [1.29, 1.82) is 0 Å². The Kier molecular flexibility index (Phi) is 6.59. The Morgan fingerprint density at radius 2 is 1.83 bits per heavy atom. The van der Waals surface area contributed by atoms with Gasteiger partial charge in [-0.3, -0.25) is 0 Å². The molecule has 0 bridgehead atoms. The Hall–Kier alpha value is -0.950. The van der Waals surface area contributed by atoms with Crippen LogP contribution in [0.15, 0.2) is 29.2 Å². The highest BCUT2D eigenvalue weighted by molar-refractivity contribution is 7.89. The minimum atomic E-state index is -3.65. The molecule has 0 radical (unpaired) electrons. The normalized spacial score (nSPS) is 19.4. The molecule has 0 spiro atoms. The predicted molar refractivity (Wildman–Crippen MR) is 91.4 cm³/mol. The molecule has 1 aliphatic carbocycles. The van der Waals surface area contributed by atoms with E-state index in [1.54, 1.807) is 24.3 Å². The summed E-state index contributed by atoms with van der Waals surface area (Å²) in [6.07, 6.45) is 7.04. The van der Waals surface area contributed by atoms with Crippen molar-refractivity contribution in [3.63, 3.8) is 0 Å². The molecular formula is C17H28N2O3S. The van der Waals surface area contributed by atoms with Gasteiger partial charge in [-0.2, -0.15) is 0 Å². The van der Waals surface area contributed by atoms with Gasteiger partial charge in [0.05, 0.1) is 4.90 Å². The molecule has 23 heavy (non-hydrogen) atoms. The van der Waals surface area contributed by atoms with Crippen LogP contribution in [0.5, 0.6) is 0 Å². The standard InChI is InChI=1S/C17H28N2O3S/c1-13(14-7-9-16(10-8-14)23(18,21)22)19-17(11-12-20)15-5-3-2-4-6-15/h7-10,13,15,17,19-20H,2-6,11-12H2,1H3,(H2,18,21,22). The number of nitrogens with one attached hydrogen (secondary N) is 1. The van der Waals surface area contributed by atoms with Gasteiger partial charge < -0.3 is 10.4 Å². The largest absolute Gasteiger partial charge is 0.396 e. The first-order valence-corrected chi connectivity index (χ1v) is 9.96. The molecule has 1 aliphatic rings. The van der Waals surface area contributed by atoms with Crippen LogP contribution in [0.4, 0.5) is 0 Å². The molecule has 1 aromatic rings. The molecule has 0 amide bonds. The topological polar surface area (TPSA) is 92.4 Å². The van der Waals surface area contributed by atoms with E-state index in [2.05, 4.69) is 12.2 Å². The molecule has 4 N–H and O–H groups in total. The number of benzene rings is 1. The molecule has 0 aromatic heterocycles. The maximum atomic E-state index is 11.3. The van der Waals surface area contributed by atoms with E-state index >= 15 is 0 Å². The molecule has 130 valence electrons. The van der Waals surface area contributed by atoms with Gasteiger partial charge in [0.2, 0.25) is 10.0 Å². The van der Waals surface area contributed by atoms with Gasteiger partial charge in [0.15, 0.2) is 0 Å². The fourth-order valence-corrected chi connectivity index (χ4v) is 4.01. The van der Waals surface area contributed by atoms with E-state index < -0.39 is 10.0 Å². The number of aliphatic hydroxyl groups is 1. The number of hydrogen-bond acceptors (Lipinski definition) is 4. The second kappa shape index (κ2) is 8.24. The Bertz CT molecular complexity index is 580. The van der Waals surface area contributed by atoms with Gasteiger partial charge >= 0.3 is 0 Å². The van der Waals surface area contributed by atoms with Crippen LogP contribution in [0.1, 0.15) is 57.1 Å². The molecule has 2 rings (SSSR count). The van der Waals surface area contributed by atoms with Crippen LogP contribution in [0.3, 0.4) is 0 Å². The van der Waals surface area contributed by atoms with Crippen LogP contribution in [0, 0.1) is 5.92 Å². The minimum Gasteiger partial charge on any atom is -0.396 e. The summed E-state index contributed by atoms with van der Waals surface area (Å²) in [6, 6.07) is 7.09. The highest BCUT2D eigenvalue weighted by Gasteiger charge is 2.24. The van der Waals surface area contributed by atoms with Crippen LogP contribution in [-0.4, -0.2) is 26.2 Å². The third-order valence-electron chi connectivity index (χ3n) is 4.83. The molecule has 1 fully saturated rings. The molecular weight excluding hydrogens is 312 g/mol. The van der Waals surface area contributed by atoms with Gasteiger partial charge in [0.1, 0.15) is 0 Å². The van der Waals surface area contributed by atoms with Crippen molar-refractivity contribution >= 4 is 10.0 Å². The van der Waals surface area contributed by atoms with Gasteiger partial charge in [-0.25, -0.2) is 13.6 Å². The summed E-state index contributed by atoms with van der Waals surface area (Å²) in [5.41, 5.74) is 1.02. The zero-order chi connectivity index (χ0) is 16.9. The molecule has 0 heterocycles. The SMILES string of the molecule is CC(NC(CCO)C1CCCCC1)c1ccc(S(N)(=O)=O)cc1. The second-order valence-corrected chi connectivity index (χ2v) is 8.08. The zero-order valence-corrected chi connectivity index (χ0v) is 14.6. The number of nitrogens with two attached hydrogens (primary N) is 1. The van der Waals surface area contributed by atoms with E-state index in [1.807, 2.05) is 0 Å². The minimum absolute atomic E-state index is 0.100. The summed E-state index contributed by atoms with van der Waals surface area (Å²) in [4.78, 5) is 0.132. The maximum absolute atomic E-state index is 11.3. The van der Waals surface area contributed by atoms with Crippen molar-refractivity contribution in [3.05, 3.63) is 29.8 Å². The average molecular weight is 340 g/mol. The van der Waals surface area contributed by atoms with Gasteiger partial charge in [-0.05, 0) is 49.8 Å². The van der Waals surface area contributed by atoms with Crippen molar-refractivity contribution in [2.24, 2.45) is 11.1 Å². The number of hydrogen-bond donors (Lipinski definition) is 3. The molecule has 5 nitrogen and oxygen atoms in total. The van der Waals surface area contributed by atoms with Crippen molar-refractivity contribution in [1.82, 2.24) is 5.32 Å². The second-order valence-electron chi connectivity index (χ2n) is 6.52. The highest BCUT2D eigenvalue weighted by Crippen LogP contribution is 2.29. The Balaban J connectivity index is 2.04. The molecule has 1 aromatic carbocycles. The lowest BCUT2D eigenvalue weighted by Gasteiger charge is -2.33. The quantitative estimate of drug-likeness (QED) is 0.710. The van der Waals surface area contributed by atoms with E-state index in [0.717, 1.165) is 12.0 Å². The average Bonchev–Trinajstić information content (AvgIpc) is 2.54. The molecule has 2 unspecified atom stereocenters. The van der Waals surface area contributed by atoms with Gasteiger partial charge in [-0.15, -0.1) is 0 Å². The van der Waals surface area contributed by atoms with Crippen LogP contribution < -0.4 is 10.5 Å². The fourth-order valence-electron chi connectivity index (χ4n) is 3.49. The fraction of sp³-hybridized carbons (Fsp3) is 0.647. The number of primary sulfonamides is 1. The lowest BCUT2D eigenvalue weighted by Crippen LogP contribution is -2.39. The number of sulfonamides is 1. The number of rotatable bonds is 7. The monoisotopic (exact) mass is 340 g/mol. The Morgan fingerprint density at radius 1 is 1.22 bits per heavy atom. The van der Waals surface area contributed by atoms with E-state index in [0.29, 0.717) is 12.0 Å². The Labute approximate surface area is 139 Å². The third-order valence-corrected chi connectivity index (χ3v) is 5.76. The summed E-state index contributed by atoms with van der Waals surface area (Å²) < 4.78 is 22.6. The summed E-state index contributed by atoms with van der Waals surface area (Å²) in [6.45, 7) is 2.25. The van der Waals surface area contributed by atoms with Crippen molar-refractivity contribution in [3.8, 4) is 0 Å². The van der Waals surface area contributed by atoms with Crippen LogP contribution >= 0.6 is 0 Å². The summed E-state index contributed by atoms with van der Waals surface area (Å²) >= 11 is 0. The van der Waals surface area contributed by atoms with Crippen molar-refractivity contribution in [2.45, 2.75) is 62.4 Å². The van der Waals surface area contributed by atoms with Crippen LogP contribution in [-0.2, 0) is 10.0 Å². The molecule has 0 aliphatic heterocycles. The molecule has 6 heteroatoms. The van der Waals surface area contributed by atoms with E-state index in [4.69, 9.17) is 5.14 Å². The van der Waals surface area contributed by atoms with E-state index in [1.165, 1.54) is 32.1 Å². The van der Waals surface area contributed by atoms with E-state index in [9.17, 15) is 13.5 Å². The predicted octanol–water partition coefficient (Wildman–Crippen LogP) is 2.32. The van der Waals surface area contributed by atoms with Gasteiger partial charge in [0.25, 0.3) is 0 Å². The lowest BCUT2D eigenvalue weighted by molar-refractivity contribution is 0.198. The first-order valence-electron chi connectivity index (χ1n) is 8.41. The third kappa shape index (κ3) is 5.28. The van der Waals surface area contributed by atoms with Gasteiger partial charge in [-0.1, -0.05) is 31.4 Å².